The van der Waals surface area contributed by atoms with E-state index >= 15 is 0 Å². The van der Waals surface area contributed by atoms with Gasteiger partial charge in [-0.15, -0.1) is 0 Å². The summed E-state index contributed by atoms with van der Waals surface area (Å²) in [5.41, 5.74) is 0. The molecular formula is C12H26N2O3S. The number of piperidine rings is 1. The molecule has 0 aromatic carbocycles. The predicted molar refractivity (Wildman–Crippen MR) is 73.1 cm³/mol. The van der Waals surface area contributed by atoms with E-state index in [2.05, 4.69) is 12.2 Å². The van der Waals surface area contributed by atoms with Crippen molar-refractivity contribution in [3.05, 3.63) is 0 Å². The third-order valence-corrected chi connectivity index (χ3v) is 5.58. The molecule has 1 fully saturated rings. The first-order valence-corrected chi connectivity index (χ1v) is 8.35. The molecule has 1 rings (SSSR count). The van der Waals surface area contributed by atoms with Crippen LogP contribution in [0.5, 0.6) is 0 Å². The Kier molecular flexibility index (Phi) is 6.55. The standard InChI is InChI=1S/C12H26N2O3S/c1-4-17-9-10-18(15,16)14-7-5-12(6-8-14)11(2)13-3/h11-13H,4-10H2,1-3H3. The second kappa shape index (κ2) is 7.43. The molecule has 1 N–H and O–H groups in total. The van der Waals surface area contributed by atoms with Crippen molar-refractivity contribution in [1.82, 2.24) is 9.62 Å². The van der Waals surface area contributed by atoms with Crippen LogP contribution in [0, 0.1) is 5.92 Å². The molecule has 1 heterocycles. The first-order valence-electron chi connectivity index (χ1n) is 6.74. The van der Waals surface area contributed by atoms with Crippen molar-refractivity contribution < 1.29 is 13.2 Å². The Bertz CT molecular complexity index is 324. The number of ether oxygens (including phenoxy) is 1. The number of rotatable bonds is 7. The van der Waals surface area contributed by atoms with Gasteiger partial charge in [-0.1, -0.05) is 0 Å². The second-order valence-electron chi connectivity index (χ2n) is 4.83. The Morgan fingerprint density at radius 2 is 2.00 bits per heavy atom. The van der Waals surface area contributed by atoms with Crippen molar-refractivity contribution in [3.63, 3.8) is 0 Å². The molecule has 0 bridgehead atoms. The zero-order valence-corrected chi connectivity index (χ0v) is 12.5. The van der Waals surface area contributed by atoms with Gasteiger partial charge in [0.25, 0.3) is 0 Å². The molecule has 0 amide bonds. The summed E-state index contributed by atoms with van der Waals surface area (Å²) in [6.45, 7) is 6.18. The van der Waals surface area contributed by atoms with Gasteiger partial charge in [0.05, 0.1) is 12.4 Å². The number of nitrogens with zero attached hydrogens (tertiary/aromatic N) is 1. The average molecular weight is 278 g/mol. The van der Waals surface area contributed by atoms with E-state index in [-0.39, 0.29) is 5.75 Å². The van der Waals surface area contributed by atoms with Gasteiger partial charge in [-0.2, -0.15) is 0 Å². The molecule has 1 saturated heterocycles. The van der Waals surface area contributed by atoms with Crippen LogP contribution < -0.4 is 5.32 Å². The van der Waals surface area contributed by atoms with Gasteiger partial charge in [0.1, 0.15) is 0 Å². The summed E-state index contributed by atoms with van der Waals surface area (Å²) in [6, 6.07) is 0.457. The Labute approximate surface area is 111 Å². The molecule has 0 radical (unpaired) electrons. The van der Waals surface area contributed by atoms with E-state index in [4.69, 9.17) is 4.74 Å². The molecule has 18 heavy (non-hydrogen) atoms. The van der Waals surface area contributed by atoms with E-state index in [1.807, 2.05) is 14.0 Å². The van der Waals surface area contributed by atoms with Crippen molar-refractivity contribution in [2.45, 2.75) is 32.7 Å². The Balaban J connectivity index is 2.41. The molecule has 1 aliphatic heterocycles. The minimum absolute atomic E-state index is 0.104. The molecule has 6 heteroatoms. The molecule has 1 aliphatic rings. The van der Waals surface area contributed by atoms with Crippen LogP contribution in [0.15, 0.2) is 0 Å². The monoisotopic (exact) mass is 278 g/mol. The summed E-state index contributed by atoms with van der Waals surface area (Å²) >= 11 is 0. The summed E-state index contributed by atoms with van der Waals surface area (Å²) in [5.74, 6) is 0.681. The highest BCUT2D eigenvalue weighted by atomic mass is 32.2. The quantitative estimate of drug-likeness (QED) is 0.696. The molecule has 0 aromatic heterocycles. The number of hydrogen-bond acceptors (Lipinski definition) is 4. The van der Waals surface area contributed by atoms with Gasteiger partial charge < -0.3 is 10.1 Å². The first kappa shape index (κ1) is 15.9. The van der Waals surface area contributed by atoms with Gasteiger partial charge in [0.2, 0.25) is 10.0 Å². The number of nitrogens with one attached hydrogen (secondary N) is 1. The normalized spacial score (nSPS) is 21.1. The molecule has 0 aliphatic carbocycles. The molecular weight excluding hydrogens is 252 g/mol. The van der Waals surface area contributed by atoms with Crippen molar-refractivity contribution in [1.29, 1.82) is 0 Å². The summed E-state index contributed by atoms with van der Waals surface area (Å²) in [4.78, 5) is 0. The van der Waals surface area contributed by atoms with Crippen LogP contribution in [0.1, 0.15) is 26.7 Å². The van der Waals surface area contributed by atoms with Gasteiger partial charge in [-0.05, 0) is 39.7 Å². The molecule has 0 aromatic rings. The smallest absolute Gasteiger partial charge is 0.216 e. The fraction of sp³-hybridized carbons (Fsp3) is 1.00. The SMILES string of the molecule is CCOCCS(=O)(=O)N1CCC(C(C)NC)CC1. The Morgan fingerprint density at radius 1 is 1.39 bits per heavy atom. The van der Waals surface area contributed by atoms with Gasteiger partial charge in [-0.25, -0.2) is 12.7 Å². The van der Waals surface area contributed by atoms with Gasteiger partial charge >= 0.3 is 0 Å². The maximum absolute atomic E-state index is 12.0. The van der Waals surface area contributed by atoms with Crippen LogP contribution in [0.4, 0.5) is 0 Å². The number of hydrogen-bond donors (Lipinski definition) is 1. The predicted octanol–water partition coefficient (Wildman–Crippen LogP) is 0.673. The molecule has 108 valence electrons. The Morgan fingerprint density at radius 3 is 2.50 bits per heavy atom. The van der Waals surface area contributed by atoms with Crippen LogP contribution in [0.3, 0.4) is 0 Å². The zero-order chi connectivity index (χ0) is 13.6. The molecule has 1 unspecified atom stereocenters. The minimum atomic E-state index is -3.12. The third-order valence-electron chi connectivity index (χ3n) is 3.74. The van der Waals surface area contributed by atoms with E-state index in [0.717, 1.165) is 12.8 Å². The van der Waals surface area contributed by atoms with Crippen molar-refractivity contribution in [2.75, 3.05) is 39.1 Å². The molecule has 0 spiro atoms. The van der Waals surface area contributed by atoms with Crippen LogP contribution >= 0.6 is 0 Å². The van der Waals surface area contributed by atoms with E-state index in [9.17, 15) is 8.42 Å². The maximum atomic E-state index is 12.0. The molecule has 1 atom stereocenters. The van der Waals surface area contributed by atoms with Crippen molar-refractivity contribution >= 4 is 10.0 Å². The van der Waals surface area contributed by atoms with E-state index < -0.39 is 10.0 Å². The van der Waals surface area contributed by atoms with Crippen LogP contribution in [0.25, 0.3) is 0 Å². The van der Waals surface area contributed by atoms with Crippen molar-refractivity contribution in [2.24, 2.45) is 5.92 Å². The highest BCUT2D eigenvalue weighted by molar-refractivity contribution is 7.89. The maximum Gasteiger partial charge on any atom is 0.216 e. The lowest BCUT2D eigenvalue weighted by Crippen LogP contribution is -2.44. The highest BCUT2D eigenvalue weighted by Crippen LogP contribution is 2.22. The fourth-order valence-corrected chi connectivity index (χ4v) is 3.68. The first-order chi connectivity index (χ1) is 8.51. The molecule has 5 nitrogen and oxygen atoms in total. The lowest BCUT2D eigenvalue weighted by Gasteiger charge is -2.34. The van der Waals surface area contributed by atoms with Gasteiger partial charge in [-0.3, -0.25) is 0 Å². The van der Waals surface area contributed by atoms with Gasteiger partial charge in [0.15, 0.2) is 0 Å². The zero-order valence-electron chi connectivity index (χ0n) is 11.7. The van der Waals surface area contributed by atoms with Crippen LogP contribution in [-0.4, -0.2) is 57.9 Å². The topological polar surface area (TPSA) is 58.6 Å². The summed E-state index contributed by atoms with van der Waals surface area (Å²) in [7, 11) is -1.17. The lowest BCUT2D eigenvalue weighted by molar-refractivity contribution is 0.161. The second-order valence-corrected chi connectivity index (χ2v) is 6.92. The van der Waals surface area contributed by atoms with E-state index in [1.165, 1.54) is 0 Å². The van der Waals surface area contributed by atoms with Crippen LogP contribution in [0.2, 0.25) is 0 Å². The Hall–Kier alpha value is -0.170. The van der Waals surface area contributed by atoms with Gasteiger partial charge in [0, 0.05) is 25.7 Å². The van der Waals surface area contributed by atoms with E-state index in [0.29, 0.717) is 38.3 Å². The highest BCUT2D eigenvalue weighted by Gasteiger charge is 2.29. The average Bonchev–Trinajstić information content (AvgIpc) is 2.38. The number of sulfonamides is 1. The third kappa shape index (κ3) is 4.50. The minimum Gasteiger partial charge on any atom is -0.381 e. The van der Waals surface area contributed by atoms with Crippen LogP contribution in [-0.2, 0) is 14.8 Å². The summed E-state index contributed by atoms with van der Waals surface area (Å²) < 4.78 is 30.8. The molecule has 0 saturated carbocycles. The lowest BCUT2D eigenvalue weighted by atomic mass is 9.91. The summed E-state index contributed by atoms with van der Waals surface area (Å²) in [6.07, 6.45) is 1.88. The van der Waals surface area contributed by atoms with E-state index in [1.54, 1.807) is 4.31 Å². The van der Waals surface area contributed by atoms with Crippen molar-refractivity contribution in [3.8, 4) is 0 Å². The largest absolute Gasteiger partial charge is 0.381 e. The summed E-state index contributed by atoms with van der Waals surface area (Å²) in [5, 5.41) is 3.24. The fourth-order valence-electron chi connectivity index (χ4n) is 2.33.